The molecule has 3 aromatic rings. The summed E-state index contributed by atoms with van der Waals surface area (Å²) in [5.74, 6) is 0.814. The van der Waals surface area contributed by atoms with Gasteiger partial charge in [-0.15, -0.1) is 0 Å². The maximum absolute atomic E-state index is 6.05. The number of nitrogens with one attached hydrogen (secondary N) is 1. The monoisotopic (exact) mass is 315 g/mol. The zero-order valence-corrected chi connectivity index (χ0v) is 12.4. The second kappa shape index (κ2) is 4.38. The molecule has 19 heavy (non-hydrogen) atoms. The van der Waals surface area contributed by atoms with E-state index in [9.17, 15) is 0 Å². The lowest BCUT2D eigenvalue weighted by Crippen LogP contribution is -1.91. The molecule has 96 valence electrons. The Labute approximate surface area is 120 Å². The van der Waals surface area contributed by atoms with Crippen molar-refractivity contribution in [3.8, 4) is 11.4 Å². The van der Waals surface area contributed by atoms with Gasteiger partial charge in [-0.1, -0.05) is 22.0 Å². The molecule has 0 aliphatic carbocycles. The van der Waals surface area contributed by atoms with Crippen molar-refractivity contribution < 1.29 is 0 Å². The molecule has 0 amide bonds. The first-order valence-electron chi connectivity index (χ1n) is 6.07. The van der Waals surface area contributed by atoms with E-state index in [4.69, 9.17) is 5.73 Å². The summed E-state index contributed by atoms with van der Waals surface area (Å²) in [7, 11) is 0. The number of benzene rings is 2. The maximum Gasteiger partial charge on any atom is 0.140 e. The average Bonchev–Trinajstić information content (AvgIpc) is 2.72. The van der Waals surface area contributed by atoms with Crippen LogP contribution in [-0.2, 0) is 0 Å². The SMILES string of the molecule is Cc1cc(C)c2nc(-c3ccc(Br)cc3N)[nH]c2c1. The number of nitrogen functional groups attached to an aromatic ring is 1. The zero-order chi connectivity index (χ0) is 13.6. The highest BCUT2D eigenvalue weighted by atomic mass is 79.9. The molecule has 3 N–H and O–H groups in total. The molecule has 0 atom stereocenters. The molecule has 1 heterocycles. The van der Waals surface area contributed by atoms with Crippen molar-refractivity contribution in [3.05, 3.63) is 45.9 Å². The third-order valence-electron chi connectivity index (χ3n) is 3.19. The first-order chi connectivity index (χ1) is 9.04. The molecular formula is C15H14BrN3. The van der Waals surface area contributed by atoms with Crippen LogP contribution in [0.25, 0.3) is 22.4 Å². The van der Waals surface area contributed by atoms with Gasteiger partial charge >= 0.3 is 0 Å². The van der Waals surface area contributed by atoms with E-state index < -0.39 is 0 Å². The number of nitrogens with zero attached hydrogens (tertiary/aromatic N) is 1. The molecule has 1 aromatic heterocycles. The second-order valence-corrected chi connectivity index (χ2v) is 5.71. The number of imidazole rings is 1. The van der Waals surface area contributed by atoms with E-state index in [1.807, 2.05) is 18.2 Å². The average molecular weight is 316 g/mol. The smallest absolute Gasteiger partial charge is 0.140 e. The summed E-state index contributed by atoms with van der Waals surface area (Å²) in [5.41, 5.74) is 12.1. The Hall–Kier alpha value is -1.81. The highest BCUT2D eigenvalue weighted by molar-refractivity contribution is 9.10. The molecule has 3 rings (SSSR count). The number of aromatic amines is 1. The Bertz CT molecular complexity index is 774. The van der Waals surface area contributed by atoms with Crippen molar-refractivity contribution in [2.24, 2.45) is 0 Å². The molecule has 4 heteroatoms. The first-order valence-corrected chi connectivity index (χ1v) is 6.86. The van der Waals surface area contributed by atoms with Crippen molar-refractivity contribution in [1.82, 2.24) is 9.97 Å². The maximum atomic E-state index is 6.05. The van der Waals surface area contributed by atoms with Gasteiger partial charge in [0, 0.05) is 15.7 Å². The molecule has 0 bridgehead atoms. The number of aromatic nitrogens is 2. The fourth-order valence-corrected chi connectivity index (χ4v) is 2.73. The lowest BCUT2D eigenvalue weighted by atomic mass is 10.1. The lowest BCUT2D eigenvalue weighted by molar-refractivity contribution is 1.33. The van der Waals surface area contributed by atoms with Gasteiger partial charge in [0.1, 0.15) is 5.82 Å². The molecule has 0 aliphatic rings. The van der Waals surface area contributed by atoms with Crippen LogP contribution in [0.15, 0.2) is 34.8 Å². The highest BCUT2D eigenvalue weighted by Crippen LogP contribution is 2.29. The summed E-state index contributed by atoms with van der Waals surface area (Å²) in [4.78, 5) is 8.01. The van der Waals surface area contributed by atoms with Gasteiger partial charge in [-0.05, 0) is 49.2 Å². The number of halogens is 1. The molecule has 3 nitrogen and oxygen atoms in total. The lowest BCUT2D eigenvalue weighted by Gasteiger charge is -2.02. The topological polar surface area (TPSA) is 54.7 Å². The normalized spacial score (nSPS) is 11.1. The molecular weight excluding hydrogens is 302 g/mol. The summed E-state index contributed by atoms with van der Waals surface area (Å²) in [5, 5.41) is 0. The fraction of sp³-hybridized carbons (Fsp3) is 0.133. The van der Waals surface area contributed by atoms with E-state index in [2.05, 4.69) is 51.9 Å². The number of fused-ring (bicyclic) bond motifs is 1. The van der Waals surface area contributed by atoms with Crippen LogP contribution >= 0.6 is 15.9 Å². The van der Waals surface area contributed by atoms with Crippen molar-refractivity contribution in [2.45, 2.75) is 13.8 Å². The summed E-state index contributed by atoms with van der Waals surface area (Å²) in [6, 6.07) is 10.1. The molecule has 2 aromatic carbocycles. The summed E-state index contributed by atoms with van der Waals surface area (Å²) in [6.07, 6.45) is 0. The quantitative estimate of drug-likeness (QED) is 0.661. The van der Waals surface area contributed by atoms with Gasteiger partial charge in [-0.3, -0.25) is 0 Å². The van der Waals surface area contributed by atoms with Crippen LogP contribution in [0.1, 0.15) is 11.1 Å². The van der Waals surface area contributed by atoms with Crippen LogP contribution in [0, 0.1) is 13.8 Å². The van der Waals surface area contributed by atoms with Crippen molar-refractivity contribution in [2.75, 3.05) is 5.73 Å². The van der Waals surface area contributed by atoms with Crippen LogP contribution < -0.4 is 5.73 Å². The van der Waals surface area contributed by atoms with Crippen LogP contribution in [0.3, 0.4) is 0 Å². The van der Waals surface area contributed by atoms with Gasteiger partial charge in [0.2, 0.25) is 0 Å². The van der Waals surface area contributed by atoms with Crippen molar-refractivity contribution >= 4 is 32.7 Å². The van der Waals surface area contributed by atoms with Crippen LogP contribution in [-0.4, -0.2) is 9.97 Å². The van der Waals surface area contributed by atoms with Gasteiger partial charge in [0.25, 0.3) is 0 Å². The molecule has 0 radical (unpaired) electrons. The van der Waals surface area contributed by atoms with E-state index in [1.54, 1.807) is 0 Å². The minimum absolute atomic E-state index is 0.711. The number of hydrogen-bond donors (Lipinski definition) is 2. The fourth-order valence-electron chi connectivity index (χ4n) is 2.35. The van der Waals surface area contributed by atoms with Crippen LogP contribution in [0.4, 0.5) is 5.69 Å². The second-order valence-electron chi connectivity index (χ2n) is 4.79. The van der Waals surface area contributed by atoms with E-state index in [1.165, 1.54) is 11.1 Å². The van der Waals surface area contributed by atoms with E-state index in [0.29, 0.717) is 5.69 Å². The van der Waals surface area contributed by atoms with Gasteiger partial charge in [0.05, 0.1) is 11.0 Å². The number of rotatable bonds is 1. The minimum atomic E-state index is 0.711. The minimum Gasteiger partial charge on any atom is -0.398 e. The largest absolute Gasteiger partial charge is 0.398 e. The molecule has 0 aliphatic heterocycles. The molecule has 0 saturated heterocycles. The zero-order valence-electron chi connectivity index (χ0n) is 10.8. The van der Waals surface area contributed by atoms with Gasteiger partial charge in [-0.25, -0.2) is 4.98 Å². The van der Waals surface area contributed by atoms with Gasteiger partial charge < -0.3 is 10.7 Å². The molecule has 0 saturated carbocycles. The number of H-pyrrole nitrogens is 1. The number of nitrogens with two attached hydrogens (primary N) is 1. The van der Waals surface area contributed by atoms with E-state index in [-0.39, 0.29) is 0 Å². The van der Waals surface area contributed by atoms with E-state index in [0.717, 1.165) is 26.9 Å². The highest BCUT2D eigenvalue weighted by Gasteiger charge is 2.10. The third kappa shape index (κ3) is 2.12. The Balaban J connectivity index is 2.23. The van der Waals surface area contributed by atoms with Gasteiger partial charge in [0.15, 0.2) is 0 Å². The number of anilines is 1. The summed E-state index contributed by atoms with van der Waals surface area (Å²) in [6.45, 7) is 4.16. The van der Waals surface area contributed by atoms with Crippen LogP contribution in [0.5, 0.6) is 0 Å². The molecule has 0 fully saturated rings. The Morgan fingerprint density at radius 1 is 1.16 bits per heavy atom. The first kappa shape index (κ1) is 12.2. The summed E-state index contributed by atoms with van der Waals surface area (Å²) >= 11 is 3.41. The number of aryl methyl sites for hydroxylation is 2. The Morgan fingerprint density at radius 2 is 1.95 bits per heavy atom. The van der Waals surface area contributed by atoms with Crippen molar-refractivity contribution in [3.63, 3.8) is 0 Å². The molecule has 0 unspecified atom stereocenters. The van der Waals surface area contributed by atoms with Crippen molar-refractivity contribution in [1.29, 1.82) is 0 Å². The predicted molar refractivity (Wildman–Crippen MR) is 83.1 cm³/mol. The standard InChI is InChI=1S/C15H14BrN3/c1-8-5-9(2)14-13(6-8)18-15(19-14)11-4-3-10(16)7-12(11)17/h3-7H,17H2,1-2H3,(H,18,19). The van der Waals surface area contributed by atoms with Crippen LogP contribution in [0.2, 0.25) is 0 Å². The third-order valence-corrected chi connectivity index (χ3v) is 3.68. The van der Waals surface area contributed by atoms with Gasteiger partial charge in [-0.2, -0.15) is 0 Å². The van der Waals surface area contributed by atoms with E-state index >= 15 is 0 Å². The molecule has 0 spiro atoms. The Morgan fingerprint density at radius 3 is 2.68 bits per heavy atom. The predicted octanol–water partition coefficient (Wildman–Crippen LogP) is 4.19. The summed E-state index contributed by atoms with van der Waals surface area (Å²) < 4.78 is 0.969. The number of hydrogen-bond acceptors (Lipinski definition) is 2. The Kier molecular flexibility index (Phi) is 2.82.